The van der Waals surface area contributed by atoms with Crippen LogP contribution >= 0.6 is 0 Å². The normalized spacial score (nSPS) is 18.1. The lowest BCUT2D eigenvalue weighted by Crippen LogP contribution is -2.48. The highest BCUT2D eigenvalue weighted by Gasteiger charge is 2.31. The summed E-state index contributed by atoms with van der Waals surface area (Å²) in [4.78, 5) is 29.6. The largest absolute Gasteiger partial charge is 0.349 e. The van der Waals surface area contributed by atoms with E-state index in [2.05, 4.69) is 41.7 Å². The predicted molar refractivity (Wildman–Crippen MR) is 123 cm³/mol. The molecule has 1 atom stereocenters. The summed E-state index contributed by atoms with van der Waals surface area (Å²) in [5.74, 6) is 0.0979. The molecule has 4 rings (SSSR count). The average Bonchev–Trinajstić information content (AvgIpc) is 3.37. The zero-order valence-corrected chi connectivity index (χ0v) is 18.2. The van der Waals surface area contributed by atoms with Gasteiger partial charge in [-0.05, 0) is 49.7 Å². The van der Waals surface area contributed by atoms with Crippen molar-refractivity contribution in [1.29, 1.82) is 0 Å². The molecule has 2 heterocycles. The first-order valence-electron chi connectivity index (χ1n) is 11.6. The molecule has 2 aliphatic rings. The van der Waals surface area contributed by atoms with Gasteiger partial charge in [0.25, 0.3) is 0 Å². The Kier molecular flexibility index (Phi) is 7.23. The second-order valence-electron chi connectivity index (χ2n) is 8.73. The quantitative estimate of drug-likeness (QED) is 0.754. The average molecular weight is 420 g/mol. The molecule has 1 N–H and O–H groups in total. The number of piperidine rings is 1. The van der Waals surface area contributed by atoms with Crippen LogP contribution in [-0.2, 0) is 11.2 Å². The Morgan fingerprint density at radius 1 is 0.839 bits per heavy atom. The number of nitrogens with zero attached hydrogens (tertiary/aromatic N) is 2. The van der Waals surface area contributed by atoms with Crippen LogP contribution in [0.2, 0.25) is 0 Å². The van der Waals surface area contributed by atoms with Gasteiger partial charge in [0.2, 0.25) is 5.91 Å². The fraction of sp³-hybridized carbons (Fsp3) is 0.462. The van der Waals surface area contributed by atoms with Crippen LogP contribution in [0.25, 0.3) is 0 Å². The van der Waals surface area contributed by atoms with Crippen molar-refractivity contribution in [2.24, 2.45) is 5.92 Å². The van der Waals surface area contributed by atoms with Crippen molar-refractivity contribution < 1.29 is 9.59 Å². The second-order valence-corrected chi connectivity index (χ2v) is 8.73. The van der Waals surface area contributed by atoms with Crippen molar-refractivity contribution in [2.45, 2.75) is 44.6 Å². The van der Waals surface area contributed by atoms with E-state index < -0.39 is 0 Å². The summed E-state index contributed by atoms with van der Waals surface area (Å²) in [6.45, 7) is 3.10. The lowest BCUT2D eigenvalue weighted by molar-refractivity contribution is -0.127. The van der Waals surface area contributed by atoms with E-state index >= 15 is 0 Å². The number of carbonyl (C=O) groups excluding carboxylic acids is 2. The molecule has 5 heteroatoms. The van der Waals surface area contributed by atoms with Crippen LogP contribution in [0.5, 0.6) is 0 Å². The van der Waals surface area contributed by atoms with Gasteiger partial charge in [-0.3, -0.25) is 4.79 Å². The second kappa shape index (κ2) is 10.5. The molecule has 0 aromatic heterocycles. The van der Waals surface area contributed by atoms with Crippen molar-refractivity contribution in [3.05, 3.63) is 71.8 Å². The molecule has 2 aromatic carbocycles. The molecule has 0 spiro atoms. The van der Waals surface area contributed by atoms with Crippen molar-refractivity contribution in [3.63, 3.8) is 0 Å². The number of hydrogen-bond acceptors (Lipinski definition) is 2. The third-order valence-corrected chi connectivity index (χ3v) is 6.60. The lowest BCUT2D eigenvalue weighted by atomic mass is 9.94. The van der Waals surface area contributed by atoms with Gasteiger partial charge in [-0.2, -0.15) is 0 Å². The topological polar surface area (TPSA) is 52.7 Å². The van der Waals surface area contributed by atoms with Crippen LogP contribution in [0.3, 0.4) is 0 Å². The maximum absolute atomic E-state index is 13.1. The molecule has 0 aliphatic carbocycles. The van der Waals surface area contributed by atoms with Crippen LogP contribution in [0.4, 0.5) is 4.79 Å². The van der Waals surface area contributed by atoms with Gasteiger partial charge < -0.3 is 15.1 Å². The minimum absolute atomic E-state index is 0.00170. The smallest absolute Gasteiger partial charge is 0.319 e. The van der Waals surface area contributed by atoms with E-state index in [0.717, 1.165) is 57.2 Å². The fourth-order valence-electron chi connectivity index (χ4n) is 4.69. The van der Waals surface area contributed by atoms with Crippen molar-refractivity contribution in [1.82, 2.24) is 15.1 Å². The molecule has 0 saturated carbocycles. The van der Waals surface area contributed by atoms with Gasteiger partial charge in [0.15, 0.2) is 0 Å². The summed E-state index contributed by atoms with van der Waals surface area (Å²) >= 11 is 0. The zero-order valence-electron chi connectivity index (χ0n) is 18.2. The zero-order chi connectivity index (χ0) is 21.5. The number of aryl methyl sites for hydroxylation is 1. The molecule has 5 nitrogen and oxygen atoms in total. The number of amides is 3. The molecular formula is C26H33N3O2. The number of likely N-dealkylation sites (tertiary alicyclic amines) is 2. The number of benzene rings is 2. The Hall–Kier alpha value is -2.82. The van der Waals surface area contributed by atoms with Crippen molar-refractivity contribution in [2.75, 3.05) is 26.2 Å². The lowest BCUT2D eigenvalue weighted by Gasteiger charge is -2.34. The fourth-order valence-corrected chi connectivity index (χ4v) is 4.69. The first kappa shape index (κ1) is 21.4. The van der Waals surface area contributed by atoms with Gasteiger partial charge in [-0.25, -0.2) is 4.79 Å². The van der Waals surface area contributed by atoms with Gasteiger partial charge in [0.1, 0.15) is 0 Å². The van der Waals surface area contributed by atoms with E-state index in [-0.39, 0.29) is 23.9 Å². The molecule has 31 heavy (non-hydrogen) atoms. The number of rotatable bonds is 6. The predicted octanol–water partition coefficient (Wildman–Crippen LogP) is 4.40. The van der Waals surface area contributed by atoms with Crippen molar-refractivity contribution >= 4 is 11.9 Å². The Bertz CT molecular complexity index is 841. The summed E-state index contributed by atoms with van der Waals surface area (Å²) in [7, 11) is 0. The van der Waals surface area contributed by atoms with Crippen LogP contribution in [0.1, 0.15) is 49.3 Å². The summed E-state index contributed by atoms with van der Waals surface area (Å²) in [6.07, 6.45) is 5.48. The third-order valence-electron chi connectivity index (χ3n) is 6.60. The monoisotopic (exact) mass is 419 g/mol. The van der Waals surface area contributed by atoms with Gasteiger partial charge >= 0.3 is 6.03 Å². The molecule has 3 amide bonds. The van der Waals surface area contributed by atoms with E-state index in [4.69, 9.17) is 0 Å². The van der Waals surface area contributed by atoms with E-state index in [1.807, 2.05) is 34.1 Å². The van der Waals surface area contributed by atoms with Gasteiger partial charge in [-0.15, -0.1) is 0 Å². The summed E-state index contributed by atoms with van der Waals surface area (Å²) in [5.41, 5.74) is 2.43. The Balaban J connectivity index is 1.33. The van der Waals surface area contributed by atoms with E-state index in [1.165, 1.54) is 5.56 Å². The highest BCUT2D eigenvalue weighted by atomic mass is 16.2. The summed E-state index contributed by atoms with van der Waals surface area (Å²) < 4.78 is 0. The number of nitrogens with one attached hydrogen (secondary N) is 1. The van der Waals surface area contributed by atoms with Crippen LogP contribution in [0.15, 0.2) is 60.7 Å². The number of hydrogen-bond donors (Lipinski definition) is 1. The first-order valence-corrected chi connectivity index (χ1v) is 11.6. The van der Waals surface area contributed by atoms with Crippen LogP contribution in [-0.4, -0.2) is 47.9 Å². The van der Waals surface area contributed by atoms with E-state index in [9.17, 15) is 9.59 Å². The highest BCUT2D eigenvalue weighted by molar-refractivity contribution is 5.80. The molecule has 0 bridgehead atoms. The minimum atomic E-state index is -0.0226. The minimum Gasteiger partial charge on any atom is -0.349 e. The first-order chi connectivity index (χ1) is 15.2. The Labute approximate surface area is 185 Å². The molecule has 2 aromatic rings. The summed E-state index contributed by atoms with van der Waals surface area (Å²) in [6, 6.07) is 20.8. The van der Waals surface area contributed by atoms with Gasteiger partial charge in [0, 0.05) is 32.1 Å². The standard InChI is InChI=1S/C26H33N3O2/c30-25(23-15-19-29(20-16-23)26(31)28-17-7-8-18-28)27-24(22-11-5-2-6-12-22)14-13-21-9-3-1-4-10-21/h1-6,9-12,23-24H,7-8,13-20H2,(H,27,30). The maximum Gasteiger partial charge on any atom is 0.319 e. The highest BCUT2D eigenvalue weighted by Crippen LogP contribution is 2.24. The SMILES string of the molecule is O=C(NC(CCc1ccccc1)c1ccccc1)C1CCN(C(=O)N2CCCC2)CC1. The number of carbonyl (C=O) groups is 2. The molecule has 2 fully saturated rings. The molecule has 0 radical (unpaired) electrons. The molecule has 2 aliphatic heterocycles. The maximum atomic E-state index is 13.1. The molecular weight excluding hydrogens is 386 g/mol. The van der Waals surface area contributed by atoms with Crippen LogP contribution < -0.4 is 5.32 Å². The van der Waals surface area contributed by atoms with Gasteiger partial charge in [0.05, 0.1) is 6.04 Å². The van der Waals surface area contributed by atoms with E-state index in [1.54, 1.807) is 0 Å². The van der Waals surface area contributed by atoms with Gasteiger partial charge in [-0.1, -0.05) is 60.7 Å². The molecule has 1 unspecified atom stereocenters. The van der Waals surface area contributed by atoms with Crippen molar-refractivity contribution in [3.8, 4) is 0 Å². The third kappa shape index (κ3) is 5.66. The van der Waals surface area contributed by atoms with E-state index in [0.29, 0.717) is 13.1 Å². The van der Waals surface area contributed by atoms with Crippen LogP contribution in [0, 0.1) is 5.92 Å². The Morgan fingerprint density at radius 2 is 1.42 bits per heavy atom. The summed E-state index contributed by atoms with van der Waals surface area (Å²) in [5, 5.41) is 3.32. The molecule has 2 saturated heterocycles. The Morgan fingerprint density at radius 3 is 2.06 bits per heavy atom. The molecule has 164 valence electrons. The number of urea groups is 1.